The zero-order chi connectivity index (χ0) is 16.6. The van der Waals surface area contributed by atoms with Crippen LogP contribution < -0.4 is 0 Å². The van der Waals surface area contributed by atoms with Gasteiger partial charge in [0.1, 0.15) is 28.6 Å². The Hall–Kier alpha value is -2.89. The molecule has 0 spiro atoms. The second-order valence-electron chi connectivity index (χ2n) is 5.47. The van der Waals surface area contributed by atoms with Crippen molar-refractivity contribution in [3.8, 4) is 11.3 Å². The summed E-state index contributed by atoms with van der Waals surface area (Å²) in [6, 6.07) is 8.26. The van der Waals surface area contributed by atoms with Gasteiger partial charge in [-0.15, -0.1) is 0 Å². The molecule has 0 bridgehead atoms. The third kappa shape index (κ3) is 2.88. The largest absolute Gasteiger partial charge is 0.461 e. The molecular formula is C17H16NO5+. The minimum atomic E-state index is -0.196. The number of carbonyl (C=O) groups is 1. The van der Waals surface area contributed by atoms with Crippen molar-refractivity contribution < 1.29 is 23.8 Å². The molecule has 0 saturated heterocycles. The van der Waals surface area contributed by atoms with Gasteiger partial charge in [-0.3, -0.25) is 0 Å². The lowest BCUT2D eigenvalue weighted by Gasteiger charge is -1.99. The molecule has 2 heterocycles. The predicted molar refractivity (Wildman–Crippen MR) is 82.7 cm³/mol. The van der Waals surface area contributed by atoms with Gasteiger partial charge >= 0.3 is 5.69 Å². The van der Waals surface area contributed by atoms with E-state index in [4.69, 9.17) is 14.0 Å². The third-order valence-corrected chi connectivity index (χ3v) is 3.66. The number of ketones is 1. The molecule has 23 heavy (non-hydrogen) atoms. The van der Waals surface area contributed by atoms with E-state index in [-0.39, 0.29) is 16.4 Å². The molecule has 3 aromatic rings. The molecule has 0 aliphatic carbocycles. The van der Waals surface area contributed by atoms with Crippen molar-refractivity contribution in [3.05, 3.63) is 46.8 Å². The standard InChI is InChI=1S/C17H16NO5/c1-10(19)3-6-16-17(15-7-4-11(2)22-15)13-9-12(18(20)21)5-8-14(13)23-16/h4-5,7-9H,3,6H2,1-2H3,(H,20,21)/q+1. The molecule has 3 rings (SSSR count). The van der Waals surface area contributed by atoms with Crippen molar-refractivity contribution >= 4 is 22.4 Å². The van der Waals surface area contributed by atoms with Gasteiger partial charge in [0.25, 0.3) is 4.92 Å². The number of hydrogen-bond donors (Lipinski definition) is 1. The lowest BCUT2D eigenvalue weighted by Crippen LogP contribution is -1.94. The Morgan fingerprint density at radius 1 is 1.22 bits per heavy atom. The van der Waals surface area contributed by atoms with Crippen molar-refractivity contribution in [2.24, 2.45) is 0 Å². The molecule has 1 N–H and O–H groups in total. The van der Waals surface area contributed by atoms with Crippen LogP contribution in [0.3, 0.4) is 0 Å². The molecule has 0 radical (unpaired) electrons. The zero-order valence-electron chi connectivity index (χ0n) is 12.8. The average molecular weight is 314 g/mol. The molecule has 2 aromatic heterocycles. The first-order valence-corrected chi connectivity index (χ1v) is 7.23. The maximum absolute atomic E-state index is 11.3. The molecule has 118 valence electrons. The second kappa shape index (κ2) is 5.72. The van der Waals surface area contributed by atoms with Gasteiger partial charge in [0, 0.05) is 30.4 Å². The number of carbonyl (C=O) groups excluding carboxylic acids is 1. The molecule has 0 unspecified atom stereocenters. The Balaban J connectivity index is 2.20. The molecule has 0 amide bonds. The van der Waals surface area contributed by atoms with Crippen LogP contribution in [0.1, 0.15) is 24.9 Å². The fraction of sp³-hybridized carbons (Fsp3) is 0.235. The number of benzene rings is 1. The number of fused-ring (bicyclic) bond motifs is 1. The van der Waals surface area contributed by atoms with Gasteiger partial charge < -0.3 is 13.6 Å². The summed E-state index contributed by atoms with van der Waals surface area (Å²) in [5.74, 6) is 2.04. The maximum Gasteiger partial charge on any atom is 0.317 e. The Morgan fingerprint density at radius 3 is 2.61 bits per heavy atom. The summed E-state index contributed by atoms with van der Waals surface area (Å²) < 4.78 is 11.5. The second-order valence-corrected chi connectivity index (χ2v) is 5.47. The first kappa shape index (κ1) is 15.0. The van der Waals surface area contributed by atoms with E-state index in [1.165, 1.54) is 19.1 Å². The van der Waals surface area contributed by atoms with Crippen LogP contribution in [-0.2, 0) is 11.2 Å². The van der Waals surface area contributed by atoms with Crippen LogP contribution in [0.4, 0.5) is 5.69 Å². The lowest BCUT2D eigenvalue weighted by molar-refractivity contribution is -0.729. The van der Waals surface area contributed by atoms with Gasteiger partial charge in [-0.1, -0.05) is 0 Å². The third-order valence-electron chi connectivity index (χ3n) is 3.66. The Kier molecular flexibility index (Phi) is 3.73. The first-order chi connectivity index (χ1) is 11.0. The van der Waals surface area contributed by atoms with E-state index < -0.39 is 0 Å². The average Bonchev–Trinajstić information content (AvgIpc) is 3.07. The maximum atomic E-state index is 11.3. The van der Waals surface area contributed by atoms with Crippen molar-refractivity contribution in [1.29, 1.82) is 0 Å². The van der Waals surface area contributed by atoms with Gasteiger partial charge in [-0.25, -0.2) is 5.21 Å². The van der Waals surface area contributed by atoms with Crippen LogP contribution in [0.2, 0.25) is 0 Å². The summed E-state index contributed by atoms with van der Waals surface area (Å²) in [5.41, 5.74) is 1.37. The summed E-state index contributed by atoms with van der Waals surface area (Å²) >= 11 is 0. The van der Waals surface area contributed by atoms with Gasteiger partial charge in [0.15, 0.2) is 0 Å². The van der Waals surface area contributed by atoms with E-state index >= 15 is 0 Å². The van der Waals surface area contributed by atoms with Gasteiger partial charge in [0.05, 0.1) is 10.5 Å². The zero-order valence-corrected chi connectivity index (χ0v) is 12.8. The molecule has 0 fully saturated rings. The normalized spacial score (nSPS) is 11.0. The van der Waals surface area contributed by atoms with Crippen molar-refractivity contribution in [3.63, 3.8) is 0 Å². The number of furan rings is 2. The molecule has 0 atom stereocenters. The molecular weight excluding hydrogens is 298 g/mol. The number of aryl methyl sites for hydroxylation is 2. The summed E-state index contributed by atoms with van der Waals surface area (Å²) in [4.78, 5) is 22.2. The number of rotatable bonds is 5. The fourth-order valence-corrected chi connectivity index (χ4v) is 2.56. The lowest BCUT2D eigenvalue weighted by atomic mass is 10.0. The first-order valence-electron chi connectivity index (χ1n) is 7.23. The van der Waals surface area contributed by atoms with Gasteiger partial charge in [-0.2, -0.15) is 0 Å². The summed E-state index contributed by atoms with van der Waals surface area (Å²) in [6.07, 6.45) is 0.793. The quantitative estimate of drug-likeness (QED) is 0.709. The van der Waals surface area contributed by atoms with E-state index in [9.17, 15) is 9.70 Å². The highest BCUT2D eigenvalue weighted by Crippen LogP contribution is 2.38. The SMILES string of the molecule is CC(=O)CCc1oc2ccc([N+](=O)O)cc2c1-c1ccc(C)o1. The molecule has 1 aromatic carbocycles. The van der Waals surface area contributed by atoms with Crippen molar-refractivity contribution in [2.75, 3.05) is 0 Å². The van der Waals surface area contributed by atoms with Crippen LogP contribution in [-0.4, -0.2) is 15.9 Å². The Labute approximate surface area is 131 Å². The molecule has 6 nitrogen and oxygen atoms in total. The number of nitrogens with zero attached hydrogens (tertiary/aromatic N) is 1. The Morgan fingerprint density at radius 2 is 2.00 bits per heavy atom. The van der Waals surface area contributed by atoms with Crippen LogP contribution in [0.25, 0.3) is 22.3 Å². The van der Waals surface area contributed by atoms with Crippen LogP contribution >= 0.6 is 0 Å². The molecule has 0 aliphatic heterocycles. The van der Waals surface area contributed by atoms with E-state index in [1.54, 1.807) is 6.07 Å². The van der Waals surface area contributed by atoms with Gasteiger partial charge in [0.2, 0.25) is 0 Å². The molecule has 0 aliphatic rings. The van der Waals surface area contributed by atoms with Crippen LogP contribution in [0, 0.1) is 11.8 Å². The van der Waals surface area contributed by atoms with E-state index in [2.05, 4.69) is 0 Å². The van der Waals surface area contributed by atoms with Crippen LogP contribution in [0.5, 0.6) is 0 Å². The topological polar surface area (TPSA) is 83.7 Å². The number of hydrogen-bond acceptors (Lipinski definition) is 4. The highest BCUT2D eigenvalue weighted by molar-refractivity contribution is 5.96. The monoisotopic (exact) mass is 314 g/mol. The van der Waals surface area contributed by atoms with E-state index in [1.807, 2.05) is 19.1 Å². The smallest absolute Gasteiger partial charge is 0.317 e. The highest BCUT2D eigenvalue weighted by atomic mass is 16.6. The van der Waals surface area contributed by atoms with Crippen LogP contribution in [0.15, 0.2) is 39.2 Å². The number of Topliss-reactive ketones (excluding diaryl/α,β-unsaturated/α-hetero) is 1. The molecule has 6 heteroatoms. The highest BCUT2D eigenvalue weighted by Gasteiger charge is 2.22. The van der Waals surface area contributed by atoms with E-state index in [0.717, 1.165) is 5.76 Å². The van der Waals surface area contributed by atoms with Crippen molar-refractivity contribution in [2.45, 2.75) is 26.7 Å². The predicted octanol–water partition coefficient (Wildman–Crippen LogP) is 4.32. The van der Waals surface area contributed by atoms with Gasteiger partial charge in [-0.05, 0) is 32.0 Å². The van der Waals surface area contributed by atoms with Crippen molar-refractivity contribution in [1.82, 2.24) is 0 Å². The van der Waals surface area contributed by atoms with E-state index in [0.29, 0.717) is 40.9 Å². The minimum absolute atomic E-state index is 0.0637. The fourth-order valence-electron chi connectivity index (χ4n) is 2.56. The summed E-state index contributed by atoms with van der Waals surface area (Å²) in [7, 11) is 0. The summed E-state index contributed by atoms with van der Waals surface area (Å²) in [6.45, 7) is 3.36. The Bertz CT molecular complexity index is 903. The summed E-state index contributed by atoms with van der Waals surface area (Å²) in [5, 5.41) is 9.77. The minimum Gasteiger partial charge on any atom is -0.461 e. The molecule has 0 saturated carbocycles.